The van der Waals surface area contributed by atoms with Gasteiger partial charge in [0, 0.05) is 43.3 Å². The maximum atomic E-state index is 14.5. The Bertz CT molecular complexity index is 1060. The highest BCUT2D eigenvalue weighted by Gasteiger charge is 2.47. The molecule has 1 aromatic carbocycles. The van der Waals surface area contributed by atoms with Gasteiger partial charge < -0.3 is 9.57 Å². The second kappa shape index (κ2) is 9.98. The van der Waals surface area contributed by atoms with Crippen LogP contribution in [0.2, 0.25) is 0 Å². The lowest BCUT2D eigenvalue weighted by Crippen LogP contribution is -2.52. The van der Waals surface area contributed by atoms with Crippen molar-refractivity contribution in [3.05, 3.63) is 35.1 Å². The van der Waals surface area contributed by atoms with Crippen LogP contribution in [0.1, 0.15) is 57.1 Å². The molecule has 1 saturated heterocycles. The Morgan fingerprint density at radius 2 is 2.19 bits per heavy atom. The minimum absolute atomic E-state index is 0.153. The van der Waals surface area contributed by atoms with Crippen molar-refractivity contribution in [3.63, 3.8) is 0 Å². The van der Waals surface area contributed by atoms with Crippen LogP contribution in [0.4, 0.5) is 4.39 Å². The lowest BCUT2D eigenvalue weighted by atomic mass is 9.96. The molecule has 1 N–H and O–H groups in total. The summed E-state index contributed by atoms with van der Waals surface area (Å²) < 4.78 is 43.1. The molecule has 2 aliphatic heterocycles. The average molecular weight is 467 g/mol. The Kier molecular flexibility index (Phi) is 7.54. The second-order valence-corrected chi connectivity index (χ2v) is 10.5. The number of hydroxylamine groups is 1. The molecule has 10 heteroatoms. The van der Waals surface area contributed by atoms with Gasteiger partial charge in [0.15, 0.2) is 20.9 Å². The molecule has 2 unspecified atom stereocenters. The predicted molar refractivity (Wildman–Crippen MR) is 116 cm³/mol. The van der Waals surface area contributed by atoms with Gasteiger partial charge in [0.1, 0.15) is 11.9 Å². The number of hydrogen-bond acceptors (Lipinski definition) is 7. The minimum atomic E-state index is -3.86. The first-order valence-corrected chi connectivity index (χ1v) is 12.3. The van der Waals surface area contributed by atoms with Crippen LogP contribution in [-0.2, 0) is 29.0 Å². The van der Waals surface area contributed by atoms with Crippen LogP contribution in [0.5, 0.6) is 0 Å². The maximum absolute atomic E-state index is 14.5. The van der Waals surface area contributed by atoms with E-state index in [1.807, 2.05) is 0 Å². The van der Waals surface area contributed by atoms with E-state index in [0.29, 0.717) is 24.3 Å². The number of carbonyl (C=O) groups is 1. The number of ether oxygens (including phenoxy) is 1. The highest BCUT2D eigenvalue weighted by atomic mass is 32.2. The van der Waals surface area contributed by atoms with Gasteiger partial charge in [-0.1, -0.05) is 11.1 Å². The predicted octanol–water partition coefficient (Wildman–Crippen LogP) is 2.46. The summed E-state index contributed by atoms with van der Waals surface area (Å²) in [6.07, 6.45) is 2.02. The van der Waals surface area contributed by atoms with Gasteiger partial charge in [0.2, 0.25) is 0 Å². The standard InChI is InChI=1S/C22H27FN2O6S/c1-4-7-15-9-10-17(18(23)12-15)19-13-16(30-24-19)14-22(2,32(3,27)28)21(26)25-31-20-8-5-6-11-29-20/h9-10,12,16,20H,5-6,8,11,13-14H2,1-3H3,(H,25,26)/t16?,20?,22-/m1/s1. The molecule has 8 nitrogen and oxygen atoms in total. The summed E-state index contributed by atoms with van der Waals surface area (Å²) in [5, 5.41) is 3.93. The van der Waals surface area contributed by atoms with Crippen LogP contribution in [0.15, 0.2) is 23.4 Å². The van der Waals surface area contributed by atoms with Crippen molar-refractivity contribution in [3.8, 4) is 11.8 Å². The van der Waals surface area contributed by atoms with E-state index >= 15 is 0 Å². The third-order valence-electron chi connectivity index (χ3n) is 5.62. The molecule has 0 aliphatic carbocycles. The monoisotopic (exact) mass is 466 g/mol. The first-order chi connectivity index (χ1) is 15.1. The molecule has 0 saturated carbocycles. The Morgan fingerprint density at radius 3 is 2.81 bits per heavy atom. The number of amides is 1. The highest BCUT2D eigenvalue weighted by molar-refractivity contribution is 7.92. The van der Waals surface area contributed by atoms with Crippen LogP contribution in [-0.4, -0.2) is 50.0 Å². The molecule has 0 radical (unpaired) electrons. The van der Waals surface area contributed by atoms with E-state index < -0.39 is 38.7 Å². The summed E-state index contributed by atoms with van der Waals surface area (Å²) in [6.45, 7) is 3.48. The van der Waals surface area contributed by atoms with Crippen molar-refractivity contribution in [2.24, 2.45) is 5.16 Å². The topological polar surface area (TPSA) is 103 Å². The van der Waals surface area contributed by atoms with Crippen LogP contribution in [0.25, 0.3) is 0 Å². The fourth-order valence-electron chi connectivity index (χ4n) is 3.55. The van der Waals surface area contributed by atoms with Gasteiger partial charge in [-0.25, -0.2) is 23.1 Å². The van der Waals surface area contributed by atoms with E-state index in [-0.39, 0.29) is 18.4 Å². The summed E-state index contributed by atoms with van der Waals surface area (Å²) in [5.74, 6) is 4.16. The van der Waals surface area contributed by atoms with Crippen LogP contribution < -0.4 is 5.48 Å². The highest BCUT2D eigenvalue weighted by Crippen LogP contribution is 2.30. The van der Waals surface area contributed by atoms with E-state index in [0.717, 1.165) is 19.1 Å². The number of oxime groups is 1. The molecule has 2 aliphatic rings. The molecule has 0 aromatic heterocycles. The third-order valence-corrected chi connectivity index (χ3v) is 7.61. The molecular formula is C22H27FN2O6S. The van der Waals surface area contributed by atoms with Gasteiger partial charge in [-0.15, -0.1) is 5.92 Å². The number of nitrogens with zero attached hydrogens (tertiary/aromatic N) is 1. The number of nitrogens with one attached hydrogen (secondary N) is 1. The lowest BCUT2D eigenvalue weighted by molar-refractivity contribution is -0.201. The van der Waals surface area contributed by atoms with Gasteiger partial charge in [-0.05, 0) is 44.9 Å². The number of sulfone groups is 1. The van der Waals surface area contributed by atoms with Crippen molar-refractivity contribution < 1.29 is 32.0 Å². The van der Waals surface area contributed by atoms with E-state index in [9.17, 15) is 17.6 Å². The number of benzene rings is 1. The fraction of sp³-hybridized carbons (Fsp3) is 0.545. The maximum Gasteiger partial charge on any atom is 0.264 e. The van der Waals surface area contributed by atoms with Crippen molar-refractivity contribution in [2.75, 3.05) is 12.9 Å². The number of hydrogen-bond donors (Lipinski definition) is 1. The second-order valence-electron chi connectivity index (χ2n) is 8.09. The molecule has 1 amide bonds. The SMILES string of the molecule is CC#Cc1ccc(C2=NOC(C[C@](C)(C(=O)NOC3CCCCO3)S(C)(=O)=O)C2)c(F)c1. The summed E-state index contributed by atoms with van der Waals surface area (Å²) in [5.41, 5.74) is 3.36. The lowest BCUT2D eigenvalue weighted by Gasteiger charge is -2.29. The van der Waals surface area contributed by atoms with Gasteiger partial charge in [-0.2, -0.15) is 0 Å². The van der Waals surface area contributed by atoms with Gasteiger partial charge in [0.05, 0.1) is 5.71 Å². The Hall–Kier alpha value is -2.48. The molecule has 1 fully saturated rings. The summed E-state index contributed by atoms with van der Waals surface area (Å²) in [4.78, 5) is 23.5. The normalized spacial score (nSPS) is 22.7. The number of carbonyl (C=O) groups excluding carboxylic acids is 1. The van der Waals surface area contributed by atoms with E-state index in [1.165, 1.54) is 13.0 Å². The van der Waals surface area contributed by atoms with E-state index in [1.54, 1.807) is 19.1 Å². The molecule has 32 heavy (non-hydrogen) atoms. The smallest absolute Gasteiger partial charge is 0.264 e. The number of rotatable bonds is 7. The first-order valence-electron chi connectivity index (χ1n) is 10.4. The van der Waals surface area contributed by atoms with Crippen molar-refractivity contribution in [2.45, 2.75) is 63.1 Å². The van der Waals surface area contributed by atoms with Crippen molar-refractivity contribution in [1.29, 1.82) is 0 Å². The molecule has 2 heterocycles. The first kappa shape index (κ1) is 24.2. The van der Waals surface area contributed by atoms with Crippen molar-refractivity contribution in [1.82, 2.24) is 5.48 Å². The van der Waals surface area contributed by atoms with E-state index in [4.69, 9.17) is 14.4 Å². The van der Waals surface area contributed by atoms with E-state index in [2.05, 4.69) is 22.5 Å². The zero-order chi connectivity index (χ0) is 23.4. The number of halogens is 1. The van der Waals surface area contributed by atoms with Gasteiger partial charge >= 0.3 is 0 Å². The third kappa shape index (κ3) is 5.46. The van der Waals surface area contributed by atoms with Crippen LogP contribution >= 0.6 is 0 Å². The Labute approximate surface area is 187 Å². The molecule has 1 aromatic rings. The summed E-state index contributed by atoms with van der Waals surface area (Å²) >= 11 is 0. The summed E-state index contributed by atoms with van der Waals surface area (Å²) in [7, 11) is -3.86. The minimum Gasteiger partial charge on any atom is -0.392 e. The molecule has 0 spiro atoms. The zero-order valence-electron chi connectivity index (χ0n) is 18.3. The zero-order valence-corrected chi connectivity index (χ0v) is 19.1. The summed E-state index contributed by atoms with van der Waals surface area (Å²) in [6, 6.07) is 4.53. The van der Waals surface area contributed by atoms with Crippen LogP contribution in [0.3, 0.4) is 0 Å². The largest absolute Gasteiger partial charge is 0.392 e. The molecule has 0 bridgehead atoms. The molecule has 174 valence electrons. The quantitative estimate of drug-likeness (QED) is 0.489. The van der Waals surface area contributed by atoms with Crippen LogP contribution in [0, 0.1) is 17.7 Å². The van der Waals surface area contributed by atoms with Gasteiger partial charge in [-0.3, -0.25) is 4.79 Å². The van der Waals surface area contributed by atoms with Crippen molar-refractivity contribution >= 4 is 21.5 Å². The molecular weight excluding hydrogens is 439 g/mol. The fourth-order valence-corrected chi connectivity index (χ4v) is 4.41. The Balaban J connectivity index is 1.67. The molecule has 3 rings (SSSR count). The molecule has 3 atom stereocenters. The van der Waals surface area contributed by atoms with Gasteiger partial charge in [0.25, 0.3) is 5.91 Å². The Morgan fingerprint density at radius 1 is 1.41 bits per heavy atom. The average Bonchev–Trinajstić information content (AvgIpc) is 3.20.